The van der Waals surface area contributed by atoms with Crippen molar-refractivity contribution in [2.75, 3.05) is 26.4 Å². The Hall–Kier alpha value is -0.120. The van der Waals surface area contributed by atoms with Crippen molar-refractivity contribution < 1.29 is 9.47 Å². The van der Waals surface area contributed by atoms with Crippen LogP contribution in [0.2, 0.25) is 0 Å². The third kappa shape index (κ3) is 3.71. The molecule has 0 amide bonds. The standard InChI is InChI=1S/C16H29NO2/c1-2-7-16(8-3-1)12-15(6-11-19-16)17-13-14-4-9-18-10-5-14/h14-15,17H,1-13H2. The fourth-order valence-corrected chi connectivity index (χ4v) is 4.03. The second-order valence-electron chi connectivity index (χ2n) is 6.75. The highest BCUT2D eigenvalue weighted by molar-refractivity contribution is 4.92. The minimum atomic E-state index is 0.240. The fraction of sp³-hybridized carbons (Fsp3) is 1.00. The van der Waals surface area contributed by atoms with Gasteiger partial charge in [0.05, 0.1) is 5.60 Å². The van der Waals surface area contributed by atoms with Crippen molar-refractivity contribution in [3.05, 3.63) is 0 Å². The molecule has 19 heavy (non-hydrogen) atoms. The van der Waals surface area contributed by atoms with Crippen LogP contribution in [0.3, 0.4) is 0 Å². The van der Waals surface area contributed by atoms with E-state index < -0.39 is 0 Å². The van der Waals surface area contributed by atoms with Gasteiger partial charge in [0.1, 0.15) is 0 Å². The van der Waals surface area contributed by atoms with Gasteiger partial charge >= 0.3 is 0 Å². The summed E-state index contributed by atoms with van der Waals surface area (Å²) in [6.07, 6.45) is 11.7. The lowest BCUT2D eigenvalue weighted by Crippen LogP contribution is -2.49. The van der Waals surface area contributed by atoms with E-state index in [9.17, 15) is 0 Å². The van der Waals surface area contributed by atoms with Crippen LogP contribution in [-0.4, -0.2) is 38.0 Å². The zero-order chi connectivity index (χ0) is 13.0. The lowest BCUT2D eigenvalue weighted by Gasteiger charge is -2.44. The van der Waals surface area contributed by atoms with E-state index in [-0.39, 0.29) is 5.60 Å². The first-order valence-electron chi connectivity index (χ1n) is 8.31. The summed E-state index contributed by atoms with van der Waals surface area (Å²) < 4.78 is 11.6. The molecule has 3 heteroatoms. The average molecular weight is 267 g/mol. The maximum atomic E-state index is 6.17. The molecule has 1 atom stereocenters. The Labute approximate surface area is 117 Å². The van der Waals surface area contributed by atoms with Crippen LogP contribution in [0.5, 0.6) is 0 Å². The molecular weight excluding hydrogens is 238 g/mol. The monoisotopic (exact) mass is 267 g/mol. The molecule has 110 valence electrons. The molecule has 2 saturated heterocycles. The molecule has 2 aliphatic heterocycles. The van der Waals surface area contributed by atoms with E-state index in [0.29, 0.717) is 6.04 Å². The second-order valence-corrected chi connectivity index (χ2v) is 6.75. The van der Waals surface area contributed by atoms with E-state index in [0.717, 1.165) is 25.7 Å². The number of ether oxygens (including phenoxy) is 2. The van der Waals surface area contributed by atoms with Crippen LogP contribution in [-0.2, 0) is 9.47 Å². The van der Waals surface area contributed by atoms with Crippen LogP contribution in [0.1, 0.15) is 57.8 Å². The van der Waals surface area contributed by atoms with E-state index in [2.05, 4.69) is 5.32 Å². The normalized spacial score (nSPS) is 32.5. The SMILES string of the molecule is C1CCC2(CC1)CC(NCC1CCOCC1)CCO2. The smallest absolute Gasteiger partial charge is 0.0697 e. The highest BCUT2D eigenvalue weighted by Gasteiger charge is 2.38. The maximum Gasteiger partial charge on any atom is 0.0697 e. The Morgan fingerprint density at radius 3 is 2.53 bits per heavy atom. The van der Waals surface area contributed by atoms with Gasteiger partial charge in [0.25, 0.3) is 0 Å². The van der Waals surface area contributed by atoms with Crippen LogP contribution >= 0.6 is 0 Å². The van der Waals surface area contributed by atoms with Gasteiger partial charge in [-0.15, -0.1) is 0 Å². The van der Waals surface area contributed by atoms with Crippen molar-refractivity contribution >= 4 is 0 Å². The molecule has 2 heterocycles. The molecule has 3 fully saturated rings. The molecule has 3 rings (SSSR count). The third-order valence-electron chi connectivity index (χ3n) is 5.29. The van der Waals surface area contributed by atoms with Crippen molar-refractivity contribution in [3.8, 4) is 0 Å². The largest absolute Gasteiger partial charge is 0.381 e. The summed E-state index contributed by atoms with van der Waals surface area (Å²) in [4.78, 5) is 0. The highest BCUT2D eigenvalue weighted by Crippen LogP contribution is 2.38. The van der Waals surface area contributed by atoms with Crippen LogP contribution in [0.4, 0.5) is 0 Å². The third-order valence-corrected chi connectivity index (χ3v) is 5.29. The van der Waals surface area contributed by atoms with Gasteiger partial charge in [-0.05, 0) is 51.0 Å². The number of hydrogen-bond donors (Lipinski definition) is 1. The van der Waals surface area contributed by atoms with Gasteiger partial charge in [0.2, 0.25) is 0 Å². The topological polar surface area (TPSA) is 30.5 Å². The minimum absolute atomic E-state index is 0.240. The first kappa shape index (κ1) is 13.8. The van der Waals surface area contributed by atoms with E-state index in [4.69, 9.17) is 9.47 Å². The molecule has 0 bridgehead atoms. The van der Waals surface area contributed by atoms with Crippen molar-refractivity contribution in [3.63, 3.8) is 0 Å². The Kier molecular flexibility index (Phi) is 4.78. The van der Waals surface area contributed by atoms with Gasteiger partial charge in [0.15, 0.2) is 0 Å². The van der Waals surface area contributed by atoms with Gasteiger partial charge in [-0.2, -0.15) is 0 Å². The van der Waals surface area contributed by atoms with Gasteiger partial charge in [-0.25, -0.2) is 0 Å². The Balaban J connectivity index is 1.45. The van der Waals surface area contributed by atoms with Crippen molar-refractivity contribution in [1.82, 2.24) is 5.32 Å². The summed E-state index contributed by atoms with van der Waals surface area (Å²) in [5.74, 6) is 0.832. The van der Waals surface area contributed by atoms with Crippen molar-refractivity contribution in [1.29, 1.82) is 0 Å². The molecule has 1 spiro atoms. The molecule has 0 aromatic rings. The summed E-state index contributed by atoms with van der Waals surface area (Å²) >= 11 is 0. The maximum absolute atomic E-state index is 6.17. The zero-order valence-electron chi connectivity index (χ0n) is 12.2. The van der Waals surface area contributed by atoms with Gasteiger partial charge in [-0.3, -0.25) is 0 Å². The first-order valence-corrected chi connectivity index (χ1v) is 8.31. The van der Waals surface area contributed by atoms with Crippen LogP contribution in [0.25, 0.3) is 0 Å². The van der Waals surface area contributed by atoms with E-state index in [1.54, 1.807) is 0 Å². The minimum Gasteiger partial charge on any atom is -0.381 e. The molecule has 0 aromatic heterocycles. The van der Waals surface area contributed by atoms with Gasteiger partial charge in [-0.1, -0.05) is 19.3 Å². The number of rotatable bonds is 3. The molecule has 1 aliphatic carbocycles. The van der Waals surface area contributed by atoms with Crippen molar-refractivity contribution in [2.45, 2.75) is 69.4 Å². The van der Waals surface area contributed by atoms with E-state index >= 15 is 0 Å². The highest BCUT2D eigenvalue weighted by atomic mass is 16.5. The second kappa shape index (κ2) is 6.55. The quantitative estimate of drug-likeness (QED) is 0.853. The van der Waals surface area contributed by atoms with Crippen molar-refractivity contribution in [2.24, 2.45) is 5.92 Å². The molecule has 1 N–H and O–H groups in total. The Morgan fingerprint density at radius 1 is 0.947 bits per heavy atom. The Bertz CT molecular complexity index is 264. The lowest BCUT2D eigenvalue weighted by atomic mass is 9.78. The van der Waals surface area contributed by atoms with Crippen LogP contribution in [0.15, 0.2) is 0 Å². The molecule has 3 nitrogen and oxygen atoms in total. The summed E-state index contributed by atoms with van der Waals surface area (Å²) in [6, 6.07) is 0.690. The zero-order valence-corrected chi connectivity index (χ0v) is 12.2. The lowest BCUT2D eigenvalue weighted by molar-refractivity contribution is -0.109. The predicted molar refractivity (Wildman–Crippen MR) is 76.3 cm³/mol. The molecule has 3 aliphatic rings. The number of nitrogens with one attached hydrogen (secondary N) is 1. The summed E-state index contributed by atoms with van der Waals surface area (Å²) in [5.41, 5.74) is 0.240. The summed E-state index contributed by atoms with van der Waals surface area (Å²) in [5, 5.41) is 3.83. The number of hydrogen-bond acceptors (Lipinski definition) is 3. The van der Waals surface area contributed by atoms with Crippen LogP contribution in [0, 0.1) is 5.92 Å². The average Bonchev–Trinajstić information content (AvgIpc) is 2.47. The molecule has 0 radical (unpaired) electrons. The van der Waals surface area contributed by atoms with E-state index in [1.807, 2.05) is 0 Å². The first-order chi connectivity index (χ1) is 9.36. The summed E-state index contributed by atoms with van der Waals surface area (Å²) in [7, 11) is 0. The molecule has 1 unspecified atom stereocenters. The summed E-state index contributed by atoms with van der Waals surface area (Å²) in [6.45, 7) is 4.07. The van der Waals surface area contributed by atoms with Crippen LogP contribution < -0.4 is 5.32 Å². The molecule has 1 saturated carbocycles. The van der Waals surface area contributed by atoms with Gasteiger partial charge in [0, 0.05) is 25.9 Å². The van der Waals surface area contributed by atoms with E-state index in [1.165, 1.54) is 64.3 Å². The predicted octanol–water partition coefficient (Wildman–Crippen LogP) is 2.88. The molecule has 0 aromatic carbocycles. The van der Waals surface area contributed by atoms with Gasteiger partial charge < -0.3 is 14.8 Å². The fourth-order valence-electron chi connectivity index (χ4n) is 4.03. The Morgan fingerprint density at radius 2 is 1.74 bits per heavy atom. The molecular formula is C16H29NO2.